The van der Waals surface area contributed by atoms with E-state index in [0.29, 0.717) is 6.54 Å². The van der Waals surface area contributed by atoms with Crippen LogP contribution in [0, 0.1) is 5.82 Å². The zero-order valence-electron chi connectivity index (χ0n) is 18.4. The third-order valence-corrected chi connectivity index (χ3v) is 5.63. The molecule has 0 amide bonds. The van der Waals surface area contributed by atoms with Gasteiger partial charge in [-0.05, 0) is 41.3 Å². The largest absolute Gasteiger partial charge is 0.379 e. The molecule has 1 aromatic heterocycles. The van der Waals surface area contributed by atoms with Gasteiger partial charge in [0.25, 0.3) is 0 Å². The maximum Gasteiger partial charge on any atom is 0.191 e. The summed E-state index contributed by atoms with van der Waals surface area (Å²) in [6.07, 6.45) is 2.77. The number of halogens is 2. The number of nitrogens with one attached hydrogen (secondary N) is 3. The summed E-state index contributed by atoms with van der Waals surface area (Å²) in [5, 5.41) is 7.78. The van der Waals surface area contributed by atoms with E-state index in [1.807, 2.05) is 12.3 Å². The van der Waals surface area contributed by atoms with E-state index in [-0.39, 0.29) is 29.8 Å². The predicted octanol–water partition coefficient (Wildman–Crippen LogP) is 3.66. The van der Waals surface area contributed by atoms with Crippen LogP contribution in [0.5, 0.6) is 0 Å². The van der Waals surface area contributed by atoms with Gasteiger partial charge in [0.1, 0.15) is 5.82 Å². The topological polar surface area (TPSA) is 64.7 Å². The standard InChI is InChI=1S/C24H30FN5O.HI/c1-26-24(27-9-8-20-16-28-23-14-21(25)6-7-22(20)23)29-15-18-2-4-19(5-3-18)17-30-10-12-31-13-11-30;/h2-7,14,16,28H,8-13,15,17H2,1H3,(H2,26,27,29);1H. The molecule has 1 aliphatic heterocycles. The Balaban J connectivity index is 0.00000289. The number of fused-ring (bicyclic) bond motifs is 1. The smallest absolute Gasteiger partial charge is 0.191 e. The van der Waals surface area contributed by atoms with Crippen molar-refractivity contribution < 1.29 is 9.13 Å². The highest BCUT2D eigenvalue weighted by Crippen LogP contribution is 2.19. The number of H-pyrrole nitrogens is 1. The molecule has 3 N–H and O–H groups in total. The first-order valence-electron chi connectivity index (χ1n) is 10.8. The van der Waals surface area contributed by atoms with E-state index >= 15 is 0 Å². The number of ether oxygens (including phenoxy) is 1. The van der Waals surface area contributed by atoms with Gasteiger partial charge in [-0.3, -0.25) is 9.89 Å². The first kappa shape index (κ1) is 24.5. The Morgan fingerprint density at radius 3 is 2.59 bits per heavy atom. The SMILES string of the molecule is CN=C(NCCc1c[nH]c2cc(F)ccc12)NCc1ccc(CN2CCOCC2)cc1.I. The van der Waals surface area contributed by atoms with Gasteiger partial charge in [0.15, 0.2) is 5.96 Å². The fourth-order valence-corrected chi connectivity index (χ4v) is 3.87. The summed E-state index contributed by atoms with van der Waals surface area (Å²) in [6, 6.07) is 13.6. The van der Waals surface area contributed by atoms with Crippen molar-refractivity contribution in [1.29, 1.82) is 0 Å². The number of rotatable bonds is 7. The van der Waals surface area contributed by atoms with Crippen LogP contribution in [-0.4, -0.2) is 55.7 Å². The van der Waals surface area contributed by atoms with Crippen LogP contribution in [0.25, 0.3) is 10.9 Å². The summed E-state index contributed by atoms with van der Waals surface area (Å²) < 4.78 is 18.8. The van der Waals surface area contributed by atoms with Gasteiger partial charge in [0.05, 0.1) is 13.2 Å². The molecule has 6 nitrogen and oxygen atoms in total. The molecule has 2 aromatic carbocycles. The Morgan fingerprint density at radius 2 is 1.84 bits per heavy atom. The fourth-order valence-electron chi connectivity index (χ4n) is 3.87. The minimum atomic E-state index is -0.224. The zero-order valence-corrected chi connectivity index (χ0v) is 20.7. The molecule has 0 spiro atoms. The van der Waals surface area contributed by atoms with Gasteiger partial charge in [-0.2, -0.15) is 0 Å². The van der Waals surface area contributed by atoms with E-state index in [1.54, 1.807) is 7.05 Å². The highest BCUT2D eigenvalue weighted by molar-refractivity contribution is 14.0. The van der Waals surface area contributed by atoms with Gasteiger partial charge in [0.2, 0.25) is 0 Å². The van der Waals surface area contributed by atoms with Gasteiger partial charge < -0.3 is 20.4 Å². The number of aromatic nitrogens is 1. The Morgan fingerprint density at radius 1 is 1.09 bits per heavy atom. The van der Waals surface area contributed by atoms with Crippen LogP contribution in [0.4, 0.5) is 4.39 Å². The average Bonchev–Trinajstić information content (AvgIpc) is 3.19. The highest BCUT2D eigenvalue weighted by atomic mass is 127. The summed E-state index contributed by atoms with van der Waals surface area (Å²) in [6.45, 7) is 6.08. The van der Waals surface area contributed by atoms with Crippen LogP contribution in [-0.2, 0) is 24.2 Å². The second-order valence-corrected chi connectivity index (χ2v) is 7.81. The van der Waals surface area contributed by atoms with Crippen molar-refractivity contribution >= 4 is 40.8 Å². The molecule has 32 heavy (non-hydrogen) atoms. The van der Waals surface area contributed by atoms with Crippen molar-refractivity contribution in [2.24, 2.45) is 4.99 Å². The van der Waals surface area contributed by atoms with Gasteiger partial charge in [-0.15, -0.1) is 24.0 Å². The van der Waals surface area contributed by atoms with E-state index in [0.717, 1.165) is 68.2 Å². The molecular weight excluding hydrogens is 520 g/mol. The van der Waals surface area contributed by atoms with Gasteiger partial charge in [-0.1, -0.05) is 24.3 Å². The molecule has 0 aliphatic carbocycles. The number of morpholine rings is 1. The molecule has 172 valence electrons. The van der Waals surface area contributed by atoms with E-state index < -0.39 is 0 Å². The molecule has 2 heterocycles. The molecule has 8 heteroatoms. The minimum absolute atomic E-state index is 0. The molecule has 3 aromatic rings. The quantitative estimate of drug-likeness (QED) is 0.238. The molecule has 1 saturated heterocycles. The lowest BCUT2D eigenvalue weighted by atomic mass is 10.1. The lowest BCUT2D eigenvalue weighted by molar-refractivity contribution is 0.0342. The van der Waals surface area contributed by atoms with Crippen LogP contribution in [0.1, 0.15) is 16.7 Å². The Labute approximate surface area is 205 Å². The number of guanidine groups is 1. The number of benzene rings is 2. The minimum Gasteiger partial charge on any atom is -0.379 e. The van der Waals surface area contributed by atoms with Crippen LogP contribution in [0.3, 0.4) is 0 Å². The maximum absolute atomic E-state index is 13.3. The molecule has 4 rings (SSSR count). The molecule has 0 unspecified atom stereocenters. The summed E-state index contributed by atoms with van der Waals surface area (Å²) >= 11 is 0. The monoisotopic (exact) mass is 551 g/mol. The third kappa shape index (κ3) is 6.66. The highest BCUT2D eigenvalue weighted by Gasteiger charge is 2.10. The third-order valence-electron chi connectivity index (χ3n) is 5.63. The van der Waals surface area contributed by atoms with Crippen LogP contribution in [0.2, 0.25) is 0 Å². The molecule has 1 aliphatic rings. The Bertz CT molecular complexity index is 1010. The molecule has 0 saturated carbocycles. The van der Waals surface area contributed by atoms with E-state index in [2.05, 4.69) is 49.8 Å². The molecule has 1 fully saturated rings. The van der Waals surface area contributed by atoms with Crippen molar-refractivity contribution in [3.8, 4) is 0 Å². The number of aliphatic imine (C=N–C) groups is 1. The van der Waals surface area contributed by atoms with Crippen LogP contribution < -0.4 is 10.6 Å². The average molecular weight is 551 g/mol. The first-order valence-corrected chi connectivity index (χ1v) is 10.8. The summed E-state index contributed by atoms with van der Waals surface area (Å²) in [7, 11) is 1.77. The fraction of sp³-hybridized carbons (Fsp3) is 0.375. The van der Waals surface area contributed by atoms with Crippen molar-refractivity contribution in [1.82, 2.24) is 20.5 Å². The lowest BCUT2D eigenvalue weighted by Crippen LogP contribution is -2.37. The zero-order chi connectivity index (χ0) is 21.5. The van der Waals surface area contributed by atoms with E-state index in [4.69, 9.17) is 4.74 Å². The Hall–Kier alpha value is -2.17. The van der Waals surface area contributed by atoms with Gasteiger partial charge in [0, 0.05) is 56.9 Å². The van der Waals surface area contributed by atoms with Crippen molar-refractivity contribution in [3.05, 3.63) is 71.2 Å². The Kier molecular flexibility index (Phi) is 9.31. The molecule has 0 atom stereocenters. The predicted molar refractivity (Wildman–Crippen MR) is 138 cm³/mol. The first-order chi connectivity index (χ1) is 15.2. The van der Waals surface area contributed by atoms with Gasteiger partial charge >= 0.3 is 0 Å². The van der Waals surface area contributed by atoms with Crippen molar-refractivity contribution in [2.45, 2.75) is 19.5 Å². The number of aromatic amines is 1. The van der Waals surface area contributed by atoms with Crippen molar-refractivity contribution in [3.63, 3.8) is 0 Å². The van der Waals surface area contributed by atoms with E-state index in [9.17, 15) is 4.39 Å². The number of hydrogen-bond donors (Lipinski definition) is 3. The number of hydrogen-bond acceptors (Lipinski definition) is 3. The second-order valence-electron chi connectivity index (χ2n) is 7.81. The van der Waals surface area contributed by atoms with E-state index in [1.165, 1.54) is 23.3 Å². The normalized spacial score (nSPS) is 14.9. The summed E-state index contributed by atoms with van der Waals surface area (Å²) in [4.78, 5) is 9.87. The van der Waals surface area contributed by atoms with Crippen molar-refractivity contribution in [2.75, 3.05) is 39.9 Å². The molecule has 0 radical (unpaired) electrons. The summed E-state index contributed by atoms with van der Waals surface area (Å²) in [5.74, 6) is 0.543. The maximum atomic E-state index is 13.3. The lowest BCUT2D eigenvalue weighted by Gasteiger charge is -2.26. The molecule has 0 bridgehead atoms. The molecular formula is C24H31FIN5O. The van der Waals surface area contributed by atoms with Gasteiger partial charge in [-0.25, -0.2) is 4.39 Å². The second kappa shape index (κ2) is 12.2. The summed E-state index contributed by atoms with van der Waals surface area (Å²) in [5.41, 5.74) is 4.53. The number of nitrogens with zero attached hydrogens (tertiary/aromatic N) is 2. The van der Waals surface area contributed by atoms with Crippen LogP contribution in [0.15, 0.2) is 53.7 Å². The van der Waals surface area contributed by atoms with Crippen LogP contribution >= 0.6 is 24.0 Å².